The van der Waals surface area contributed by atoms with E-state index in [9.17, 15) is 0 Å². The quantitative estimate of drug-likeness (QED) is 0.766. The summed E-state index contributed by atoms with van der Waals surface area (Å²) in [7, 11) is 1.50. The van der Waals surface area contributed by atoms with E-state index in [2.05, 4.69) is 0 Å². The number of methoxy groups -OCH3 is 1. The molecule has 6 heteroatoms. The van der Waals surface area contributed by atoms with Crippen LogP contribution in [0.4, 0.5) is 0 Å². The highest BCUT2D eigenvalue weighted by molar-refractivity contribution is 6.43. The zero-order valence-electron chi connectivity index (χ0n) is 8.78. The van der Waals surface area contributed by atoms with Crippen molar-refractivity contribution in [3.8, 4) is 5.75 Å². The molecule has 0 saturated carbocycles. The van der Waals surface area contributed by atoms with Gasteiger partial charge in [-0.15, -0.1) is 0 Å². The average Bonchev–Trinajstić information content (AvgIpc) is 2.30. The molecular weight excluding hydrogens is 251 g/mol. The summed E-state index contributed by atoms with van der Waals surface area (Å²) in [6, 6.07) is 2.20. The summed E-state index contributed by atoms with van der Waals surface area (Å²) in [6.45, 7) is -0.221. The van der Waals surface area contributed by atoms with E-state index in [1.807, 2.05) is 0 Å². The van der Waals surface area contributed by atoms with Gasteiger partial charge >= 0.3 is 0 Å². The van der Waals surface area contributed by atoms with Gasteiger partial charge in [0.25, 0.3) is 0 Å². The highest BCUT2D eigenvalue weighted by Crippen LogP contribution is 2.36. The van der Waals surface area contributed by atoms with E-state index >= 15 is 0 Å². The molecule has 0 saturated heterocycles. The molecule has 0 amide bonds. The molecule has 0 aliphatic heterocycles. The second kappa shape index (κ2) is 5.70. The van der Waals surface area contributed by atoms with Gasteiger partial charge in [-0.3, -0.25) is 0 Å². The molecule has 0 spiro atoms. The van der Waals surface area contributed by atoms with Crippen molar-refractivity contribution in [1.82, 2.24) is 0 Å². The van der Waals surface area contributed by atoms with E-state index in [-0.39, 0.29) is 6.61 Å². The van der Waals surface area contributed by atoms with Gasteiger partial charge in [0.15, 0.2) is 0 Å². The fraction of sp³-hybridized carbons (Fsp3) is 0.400. The molecule has 2 atom stereocenters. The Hall–Kier alpha value is -0.520. The maximum Gasteiger partial charge on any atom is 0.139 e. The number of aliphatic hydroxyl groups excluding tert-OH is 1. The Bertz CT molecular complexity index is 374. The Kier molecular flexibility index (Phi) is 4.83. The molecule has 0 heterocycles. The van der Waals surface area contributed by atoms with Crippen molar-refractivity contribution in [3.63, 3.8) is 0 Å². The van der Waals surface area contributed by atoms with Crippen LogP contribution in [0.2, 0.25) is 10.0 Å². The Labute approximate surface area is 104 Å². The van der Waals surface area contributed by atoms with Crippen LogP contribution < -0.4 is 16.2 Å². The summed E-state index contributed by atoms with van der Waals surface area (Å²) in [5.74, 6) is 0.472. The molecule has 0 aliphatic rings. The van der Waals surface area contributed by atoms with Gasteiger partial charge in [0.05, 0.1) is 18.7 Å². The first kappa shape index (κ1) is 13.5. The topological polar surface area (TPSA) is 81.5 Å². The van der Waals surface area contributed by atoms with E-state index in [0.29, 0.717) is 21.4 Å². The maximum absolute atomic E-state index is 8.92. The van der Waals surface area contributed by atoms with E-state index in [1.165, 1.54) is 7.11 Å². The number of aliphatic hydroxyl groups is 1. The Morgan fingerprint density at radius 2 is 1.94 bits per heavy atom. The lowest BCUT2D eigenvalue weighted by atomic mass is 10.0. The highest BCUT2D eigenvalue weighted by Gasteiger charge is 2.20. The van der Waals surface area contributed by atoms with Crippen LogP contribution in [0.1, 0.15) is 11.6 Å². The summed E-state index contributed by atoms with van der Waals surface area (Å²) in [5.41, 5.74) is 12.1. The van der Waals surface area contributed by atoms with Crippen LogP contribution in [0, 0.1) is 0 Å². The fourth-order valence-electron chi connectivity index (χ4n) is 1.31. The zero-order valence-corrected chi connectivity index (χ0v) is 10.3. The van der Waals surface area contributed by atoms with Gasteiger partial charge in [0.1, 0.15) is 10.8 Å². The fourth-order valence-corrected chi connectivity index (χ4v) is 1.84. The molecule has 1 aromatic rings. The van der Waals surface area contributed by atoms with E-state index in [4.69, 9.17) is 44.5 Å². The molecule has 90 valence electrons. The van der Waals surface area contributed by atoms with Gasteiger partial charge in [-0.2, -0.15) is 0 Å². The first-order valence-electron chi connectivity index (χ1n) is 4.66. The van der Waals surface area contributed by atoms with Crippen molar-refractivity contribution in [2.75, 3.05) is 13.7 Å². The van der Waals surface area contributed by atoms with Gasteiger partial charge in [-0.1, -0.05) is 29.3 Å². The van der Waals surface area contributed by atoms with Crippen molar-refractivity contribution in [3.05, 3.63) is 27.7 Å². The van der Waals surface area contributed by atoms with Crippen molar-refractivity contribution < 1.29 is 9.84 Å². The standard InChI is InChI=1S/C10H14Cl2N2O2/c1-16-7-3-2-5(8(11)9(7)12)10(14)6(13)4-15/h2-3,6,10,15H,4,13-14H2,1H3. The molecule has 1 rings (SSSR count). The van der Waals surface area contributed by atoms with Crippen molar-refractivity contribution in [2.45, 2.75) is 12.1 Å². The predicted octanol–water partition coefficient (Wildman–Crippen LogP) is 1.32. The third-order valence-corrected chi connectivity index (χ3v) is 3.21. The smallest absolute Gasteiger partial charge is 0.139 e. The number of hydrogen-bond donors (Lipinski definition) is 3. The Morgan fingerprint density at radius 1 is 1.31 bits per heavy atom. The average molecular weight is 265 g/mol. The number of halogens is 2. The summed E-state index contributed by atoms with van der Waals surface area (Å²) in [6.07, 6.45) is 0. The second-order valence-corrected chi connectivity index (χ2v) is 4.11. The first-order chi connectivity index (χ1) is 7.52. The maximum atomic E-state index is 8.92. The van der Waals surface area contributed by atoms with Crippen LogP contribution in [-0.4, -0.2) is 24.9 Å². The van der Waals surface area contributed by atoms with Crippen LogP contribution in [0.3, 0.4) is 0 Å². The van der Waals surface area contributed by atoms with Crippen molar-refractivity contribution in [2.24, 2.45) is 11.5 Å². The van der Waals surface area contributed by atoms with Crippen LogP contribution in [0.5, 0.6) is 5.75 Å². The van der Waals surface area contributed by atoms with Gasteiger partial charge in [0.2, 0.25) is 0 Å². The summed E-state index contributed by atoms with van der Waals surface area (Å²) in [5, 5.41) is 9.52. The molecule has 1 aromatic carbocycles. The van der Waals surface area contributed by atoms with E-state index in [1.54, 1.807) is 12.1 Å². The Balaban J connectivity index is 3.11. The zero-order chi connectivity index (χ0) is 12.3. The third-order valence-electron chi connectivity index (χ3n) is 2.33. The van der Waals surface area contributed by atoms with E-state index < -0.39 is 12.1 Å². The number of ether oxygens (including phenoxy) is 1. The molecule has 2 unspecified atom stereocenters. The SMILES string of the molecule is COc1ccc(C(N)C(N)CO)c(Cl)c1Cl. The molecule has 4 nitrogen and oxygen atoms in total. The van der Waals surface area contributed by atoms with Gasteiger partial charge in [0, 0.05) is 12.1 Å². The summed E-state index contributed by atoms with van der Waals surface area (Å²) < 4.78 is 5.01. The summed E-state index contributed by atoms with van der Waals surface area (Å²) in [4.78, 5) is 0. The van der Waals surface area contributed by atoms with Gasteiger partial charge in [-0.25, -0.2) is 0 Å². The lowest BCUT2D eigenvalue weighted by Crippen LogP contribution is -2.37. The first-order valence-corrected chi connectivity index (χ1v) is 5.42. The number of hydrogen-bond acceptors (Lipinski definition) is 4. The van der Waals surface area contributed by atoms with Crippen LogP contribution in [0.15, 0.2) is 12.1 Å². The highest BCUT2D eigenvalue weighted by atomic mass is 35.5. The minimum atomic E-state index is -0.582. The molecule has 0 radical (unpaired) electrons. The van der Waals surface area contributed by atoms with E-state index in [0.717, 1.165) is 0 Å². The normalized spacial score (nSPS) is 14.6. The number of rotatable bonds is 4. The van der Waals surface area contributed by atoms with Gasteiger partial charge in [-0.05, 0) is 11.6 Å². The number of benzene rings is 1. The lowest BCUT2D eigenvalue weighted by molar-refractivity contribution is 0.250. The lowest BCUT2D eigenvalue weighted by Gasteiger charge is -2.20. The second-order valence-electron chi connectivity index (χ2n) is 3.36. The molecule has 0 fully saturated rings. The predicted molar refractivity (Wildman–Crippen MR) is 65.0 cm³/mol. The van der Waals surface area contributed by atoms with Crippen LogP contribution in [-0.2, 0) is 0 Å². The van der Waals surface area contributed by atoms with Crippen molar-refractivity contribution >= 4 is 23.2 Å². The molecule has 0 aromatic heterocycles. The molecule has 0 bridgehead atoms. The largest absolute Gasteiger partial charge is 0.495 e. The molecule has 5 N–H and O–H groups in total. The van der Waals surface area contributed by atoms with Crippen molar-refractivity contribution in [1.29, 1.82) is 0 Å². The minimum Gasteiger partial charge on any atom is -0.495 e. The molecule has 16 heavy (non-hydrogen) atoms. The molecule has 0 aliphatic carbocycles. The number of nitrogens with two attached hydrogens (primary N) is 2. The van der Waals surface area contributed by atoms with Gasteiger partial charge < -0.3 is 21.3 Å². The van der Waals surface area contributed by atoms with Crippen LogP contribution >= 0.6 is 23.2 Å². The summed E-state index contributed by atoms with van der Waals surface area (Å²) >= 11 is 12.0. The molecular formula is C10H14Cl2N2O2. The third kappa shape index (κ3) is 2.59. The monoisotopic (exact) mass is 264 g/mol. The minimum absolute atomic E-state index is 0.221. The Morgan fingerprint density at radius 3 is 2.44 bits per heavy atom. The van der Waals surface area contributed by atoms with Crippen LogP contribution in [0.25, 0.3) is 0 Å².